The van der Waals surface area contributed by atoms with Crippen molar-refractivity contribution in [1.82, 2.24) is 0 Å². The summed E-state index contributed by atoms with van der Waals surface area (Å²) in [6.45, 7) is 0.456. The highest BCUT2D eigenvalue weighted by Crippen LogP contribution is 2.22. The van der Waals surface area contributed by atoms with Crippen LogP contribution in [0, 0.1) is 0 Å². The zero-order chi connectivity index (χ0) is 19.3. The SMILES string of the molecule is O=C1OC(c2ccccc2)=N/C1=C\c1cccc(OCc2cccc(Br)c2)c1. The molecule has 1 aliphatic heterocycles. The lowest BCUT2D eigenvalue weighted by molar-refractivity contribution is -0.129. The highest BCUT2D eigenvalue weighted by molar-refractivity contribution is 9.10. The maximum atomic E-state index is 12.1. The van der Waals surface area contributed by atoms with Crippen LogP contribution in [0.1, 0.15) is 16.7 Å². The molecule has 138 valence electrons. The number of aliphatic imine (C=N–C) groups is 1. The van der Waals surface area contributed by atoms with Crippen LogP contribution < -0.4 is 4.74 Å². The Bertz CT molecular complexity index is 1070. The molecule has 1 heterocycles. The van der Waals surface area contributed by atoms with Crippen LogP contribution in [0.4, 0.5) is 0 Å². The maximum Gasteiger partial charge on any atom is 0.363 e. The van der Waals surface area contributed by atoms with Gasteiger partial charge in [0.25, 0.3) is 0 Å². The van der Waals surface area contributed by atoms with Gasteiger partial charge in [0.05, 0.1) is 0 Å². The Labute approximate surface area is 171 Å². The molecule has 0 fully saturated rings. The first-order valence-electron chi connectivity index (χ1n) is 8.73. The van der Waals surface area contributed by atoms with E-state index in [0.29, 0.717) is 18.3 Å². The van der Waals surface area contributed by atoms with E-state index in [-0.39, 0.29) is 5.70 Å². The second-order valence-corrected chi connectivity index (χ2v) is 7.11. The first-order chi connectivity index (χ1) is 13.7. The van der Waals surface area contributed by atoms with Crippen molar-refractivity contribution in [1.29, 1.82) is 0 Å². The number of benzene rings is 3. The van der Waals surface area contributed by atoms with Gasteiger partial charge in [-0.3, -0.25) is 0 Å². The zero-order valence-corrected chi connectivity index (χ0v) is 16.4. The Morgan fingerprint density at radius 2 is 1.79 bits per heavy atom. The third-order valence-corrected chi connectivity index (χ3v) is 4.59. The van der Waals surface area contributed by atoms with Crippen LogP contribution in [0.3, 0.4) is 0 Å². The molecule has 0 atom stereocenters. The molecule has 3 aromatic rings. The molecule has 0 amide bonds. The van der Waals surface area contributed by atoms with Crippen LogP contribution in [-0.4, -0.2) is 11.9 Å². The van der Waals surface area contributed by atoms with E-state index < -0.39 is 5.97 Å². The molecule has 0 saturated carbocycles. The fraction of sp³-hybridized carbons (Fsp3) is 0.0435. The number of cyclic esters (lactones) is 1. The quantitative estimate of drug-likeness (QED) is 0.401. The van der Waals surface area contributed by atoms with Gasteiger partial charge in [-0.15, -0.1) is 0 Å². The Kier molecular flexibility index (Phi) is 5.35. The fourth-order valence-corrected chi connectivity index (χ4v) is 3.21. The first-order valence-corrected chi connectivity index (χ1v) is 9.52. The molecule has 28 heavy (non-hydrogen) atoms. The van der Waals surface area contributed by atoms with Gasteiger partial charge in [0.2, 0.25) is 5.90 Å². The van der Waals surface area contributed by atoms with E-state index in [4.69, 9.17) is 9.47 Å². The van der Waals surface area contributed by atoms with Gasteiger partial charge in [-0.1, -0.05) is 58.4 Å². The van der Waals surface area contributed by atoms with Crippen molar-refractivity contribution in [3.05, 3.63) is 106 Å². The predicted octanol–water partition coefficient (Wildman–Crippen LogP) is 5.37. The van der Waals surface area contributed by atoms with Gasteiger partial charge in [0.1, 0.15) is 12.4 Å². The van der Waals surface area contributed by atoms with E-state index in [0.717, 1.165) is 21.2 Å². The zero-order valence-electron chi connectivity index (χ0n) is 14.8. The van der Waals surface area contributed by atoms with Gasteiger partial charge in [0, 0.05) is 10.0 Å². The van der Waals surface area contributed by atoms with Gasteiger partial charge in [0.15, 0.2) is 5.70 Å². The number of ether oxygens (including phenoxy) is 2. The molecule has 0 unspecified atom stereocenters. The van der Waals surface area contributed by atoms with E-state index in [9.17, 15) is 4.79 Å². The van der Waals surface area contributed by atoms with Crippen LogP contribution in [0.5, 0.6) is 5.75 Å². The number of hydrogen-bond donors (Lipinski definition) is 0. The Morgan fingerprint density at radius 3 is 2.61 bits per heavy atom. The lowest BCUT2D eigenvalue weighted by Crippen LogP contribution is -2.04. The normalized spacial score (nSPS) is 14.7. The second kappa shape index (κ2) is 8.23. The van der Waals surface area contributed by atoms with Crippen molar-refractivity contribution in [2.75, 3.05) is 0 Å². The summed E-state index contributed by atoms with van der Waals surface area (Å²) in [5.74, 6) is 0.575. The lowest BCUT2D eigenvalue weighted by Gasteiger charge is -2.07. The first kappa shape index (κ1) is 18.2. The van der Waals surface area contributed by atoms with Gasteiger partial charge in [-0.05, 0) is 53.6 Å². The minimum Gasteiger partial charge on any atom is -0.489 e. The van der Waals surface area contributed by atoms with E-state index in [1.54, 1.807) is 6.08 Å². The van der Waals surface area contributed by atoms with Crippen LogP contribution in [0.2, 0.25) is 0 Å². The number of nitrogens with zero attached hydrogens (tertiary/aromatic N) is 1. The summed E-state index contributed by atoms with van der Waals surface area (Å²) in [6.07, 6.45) is 1.70. The summed E-state index contributed by atoms with van der Waals surface area (Å²) in [4.78, 5) is 16.5. The average Bonchev–Trinajstić information content (AvgIpc) is 3.08. The molecule has 4 rings (SSSR count). The third kappa shape index (κ3) is 4.38. The van der Waals surface area contributed by atoms with Crippen LogP contribution in [0.25, 0.3) is 6.08 Å². The molecule has 0 N–H and O–H groups in total. The van der Waals surface area contributed by atoms with Crippen molar-refractivity contribution in [3.63, 3.8) is 0 Å². The fourth-order valence-electron chi connectivity index (χ4n) is 2.76. The summed E-state index contributed by atoms with van der Waals surface area (Å²) < 4.78 is 12.2. The molecular formula is C23H16BrNO3. The number of halogens is 1. The van der Waals surface area contributed by atoms with Crippen molar-refractivity contribution >= 4 is 33.9 Å². The molecule has 0 saturated heterocycles. The molecule has 3 aromatic carbocycles. The van der Waals surface area contributed by atoms with Crippen LogP contribution >= 0.6 is 15.9 Å². The van der Waals surface area contributed by atoms with Crippen molar-refractivity contribution in [2.24, 2.45) is 4.99 Å². The smallest absolute Gasteiger partial charge is 0.363 e. The molecular weight excluding hydrogens is 418 g/mol. The maximum absolute atomic E-state index is 12.1. The standard InChI is InChI=1S/C23H16BrNO3/c24-19-10-4-7-17(12-19)15-27-20-11-5-6-16(13-20)14-21-23(26)28-22(25-21)18-8-2-1-3-9-18/h1-14H,15H2/b21-14-. The Balaban J connectivity index is 1.51. The van der Waals surface area contributed by atoms with Crippen LogP contribution in [-0.2, 0) is 16.1 Å². The van der Waals surface area contributed by atoms with Gasteiger partial charge < -0.3 is 9.47 Å². The van der Waals surface area contributed by atoms with Crippen molar-refractivity contribution in [3.8, 4) is 5.75 Å². The van der Waals surface area contributed by atoms with E-state index in [2.05, 4.69) is 20.9 Å². The number of carbonyl (C=O) groups is 1. The average molecular weight is 434 g/mol. The van der Waals surface area contributed by atoms with E-state index in [1.165, 1.54) is 0 Å². The number of esters is 1. The Morgan fingerprint density at radius 1 is 0.964 bits per heavy atom. The molecule has 5 heteroatoms. The number of carbonyl (C=O) groups excluding carboxylic acids is 1. The number of hydrogen-bond acceptors (Lipinski definition) is 4. The molecule has 0 aromatic heterocycles. The predicted molar refractivity (Wildman–Crippen MR) is 112 cm³/mol. The van der Waals surface area contributed by atoms with Gasteiger partial charge >= 0.3 is 5.97 Å². The molecule has 4 nitrogen and oxygen atoms in total. The molecule has 0 aliphatic carbocycles. The van der Waals surface area contributed by atoms with Crippen molar-refractivity contribution in [2.45, 2.75) is 6.61 Å². The molecule has 0 bridgehead atoms. The van der Waals surface area contributed by atoms with E-state index in [1.807, 2.05) is 78.9 Å². The summed E-state index contributed by atoms with van der Waals surface area (Å²) in [7, 11) is 0. The van der Waals surface area contributed by atoms with Gasteiger partial charge in [-0.25, -0.2) is 9.79 Å². The monoisotopic (exact) mass is 433 g/mol. The minimum absolute atomic E-state index is 0.267. The summed E-state index contributed by atoms with van der Waals surface area (Å²) >= 11 is 3.46. The van der Waals surface area contributed by atoms with Crippen LogP contribution in [0.15, 0.2) is 94.0 Å². The third-order valence-electron chi connectivity index (χ3n) is 4.10. The van der Waals surface area contributed by atoms with E-state index >= 15 is 0 Å². The Hall–Kier alpha value is -3.18. The lowest BCUT2D eigenvalue weighted by atomic mass is 10.2. The summed E-state index contributed by atoms with van der Waals surface area (Å²) in [5, 5.41) is 0. The highest BCUT2D eigenvalue weighted by atomic mass is 79.9. The second-order valence-electron chi connectivity index (χ2n) is 6.19. The largest absolute Gasteiger partial charge is 0.489 e. The molecule has 0 radical (unpaired) electrons. The number of rotatable bonds is 5. The molecule has 1 aliphatic rings. The topological polar surface area (TPSA) is 47.9 Å². The molecule has 0 spiro atoms. The van der Waals surface area contributed by atoms with Gasteiger partial charge in [-0.2, -0.15) is 0 Å². The minimum atomic E-state index is -0.459. The van der Waals surface area contributed by atoms with Crippen molar-refractivity contribution < 1.29 is 14.3 Å². The summed E-state index contributed by atoms with van der Waals surface area (Å²) in [6, 6.07) is 24.8. The highest BCUT2D eigenvalue weighted by Gasteiger charge is 2.23. The summed E-state index contributed by atoms with van der Waals surface area (Å²) in [5.41, 5.74) is 2.92.